The highest BCUT2D eigenvalue weighted by Gasteiger charge is 2.52. The maximum Gasteiger partial charge on any atom is 0.101 e. The Labute approximate surface area is 451 Å². The molecule has 0 unspecified atom stereocenters. The Morgan fingerprint density at radius 1 is 0.338 bits per heavy atom. The second-order valence-corrected chi connectivity index (χ2v) is 20.9. The van der Waals surface area contributed by atoms with E-state index in [-0.39, 0.29) is 0 Å². The number of hydrogen-bond acceptors (Lipinski definition) is 5. The van der Waals surface area contributed by atoms with Gasteiger partial charge < -0.3 is 14.7 Å². The van der Waals surface area contributed by atoms with Crippen LogP contribution in [0.2, 0.25) is 0 Å². The Balaban J connectivity index is 0.913. The van der Waals surface area contributed by atoms with Gasteiger partial charge >= 0.3 is 0 Å². The van der Waals surface area contributed by atoms with E-state index in [1.807, 2.05) is 6.07 Å². The second kappa shape index (κ2) is 17.9. The van der Waals surface area contributed by atoms with Gasteiger partial charge in [-0.15, -0.1) is 11.3 Å². The molecule has 4 nitrogen and oxygen atoms in total. The lowest BCUT2D eigenvalue weighted by atomic mass is 9.70. The molecule has 0 radical (unpaired) electrons. The van der Waals surface area contributed by atoms with Crippen LogP contribution >= 0.6 is 11.3 Å². The molecule has 2 aliphatic rings. The third kappa shape index (κ3) is 6.83. The number of fused-ring (bicyclic) bond motifs is 14. The summed E-state index contributed by atoms with van der Waals surface area (Å²) in [6.45, 7) is 0. The van der Waals surface area contributed by atoms with Crippen molar-refractivity contribution in [2.45, 2.75) is 5.41 Å². The zero-order chi connectivity index (χ0) is 51.0. The van der Waals surface area contributed by atoms with Crippen LogP contribution in [0.5, 0.6) is 0 Å². The fraction of sp³-hybridized carbons (Fsp3) is 0.0139. The molecule has 0 fully saturated rings. The van der Waals surface area contributed by atoms with Crippen LogP contribution < -0.4 is 14.7 Å². The number of nitrogens with zero attached hydrogens (tertiary/aromatic N) is 4. The molecule has 1 spiro atoms. The number of nitriles is 1. The monoisotopic (exact) mass is 998 g/mol. The SMILES string of the molecule is N#Cc1ccc(N(c2ccc(N(c3ccccc3)c3cccc4c3-c3ccccc3C43c4ccccc4-c4ccccc43)cc2)c2ccc3ccccc3c2)c2c1sc1cc(N(c3ccccc3)c3ccccc3)ccc12. The molecule has 1 heterocycles. The molecule has 13 aromatic rings. The molecule has 0 N–H and O–H groups in total. The number of hydrogen-bond donors (Lipinski definition) is 0. The first-order chi connectivity index (χ1) is 38.2. The molecule has 0 amide bonds. The zero-order valence-corrected chi connectivity index (χ0v) is 42.6. The molecule has 12 aromatic carbocycles. The number of rotatable bonds is 9. The van der Waals surface area contributed by atoms with E-state index >= 15 is 0 Å². The van der Waals surface area contributed by atoms with Crippen molar-refractivity contribution in [2.24, 2.45) is 0 Å². The van der Waals surface area contributed by atoms with Crippen LogP contribution in [0, 0.1) is 11.3 Å². The summed E-state index contributed by atoms with van der Waals surface area (Å²) in [6.07, 6.45) is 0. The predicted molar refractivity (Wildman–Crippen MR) is 322 cm³/mol. The molecule has 0 saturated carbocycles. The lowest BCUT2D eigenvalue weighted by Gasteiger charge is -2.32. The third-order valence-electron chi connectivity index (χ3n) is 15.8. The molecule has 5 heteroatoms. The van der Waals surface area contributed by atoms with Crippen LogP contribution in [0.1, 0.15) is 27.8 Å². The van der Waals surface area contributed by atoms with Crippen molar-refractivity contribution in [1.82, 2.24) is 0 Å². The van der Waals surface area contributed by atoms with Gasteiger partial charge in [0.05, 0.1) is 27.1 Å². The minimum Gasteiger partial charge on any atom is -0.310 e. The van der Waals surface area contributed by atoms with Gasteiger partial charge in [-0.25, -0.2) is 0 Å². The number of para-hydroxylation sites is 3. The lowest BCUT2D eigenvalue weighted by molar-refractivity contribution is 0.794. The van der Waals surface area contributed by atoms with Crippen LogP contribution in [0.3, 0.4) is 0 Å². The fourth-order valence-electron chi connectivity index (χ4n) is 12.7. The molecule has 77 heavy (non-hydrogen) atoms. The highest BCUT2D eigenvalue weighted by atomic mass is 32.1. The summed E-state index contributed by atoms with van der Waals surface area (Å²) < 4.78 is 2.07. The van der Waals surface area contributed by atoms with Gasteiger partial charge in [0.1, 0.15) is 6.07 Å². The smallest absolute Gasteiger partial charge is 0.101 e. The largest absolute Gasteiger partial charge is 0.310 e. The molecule has 0 aliphatic heterocycles. The van der Waals surface area contributed by atoms with E-state index in [4.69, 9.17) is 0 Å². The Morgan fingerprint density at radius 3 is 1.43 bits per heavy atom. The standard InChI is InChI=1S/C72H46N4S/c73-47-50-36-44-67(70-61-43-42-57(46-68(61)77-71(50)70)74(51-21-4-1-5-22-51)52-23-6-2-7-24-52)76(56-37-35-48-19-10-11-20-49(48)45-56)55-40-38-54(39-41-55)75(53-25-8-3-9-26-53)66-34-18-33-65-69(66)60-29-14-17-32-64(60)72(65)62-30-15-12-27-58(62)59-28-13-16-31-63(59)72/h1-46H. The van der Waals surface area contributed by atoms with Crippen LogP contribution in [0.4, 0.5) is 51.2 Å². The van der Waals surface area contributed by atoms with Gasteiger partial charge in [-0.05, 0) is 153 Å². The summed E-state index contributed by atoms with van der Waals surface area (Å²) in [7, 11) is 0. The Kier molecular flexibility index (Phi) is 10.3. The molecular weight excluding hydrogens is 953 g/mol. The average Bonchev–Trinajstić information content (AvgIpc) is 4.27. The molecule has 15 rings (SSSR count). The van der Waals surface area contributed by atoms with Crippen molar-refractivity contribution in [3.63, 3.8) is 0 Å². The molecule has 360 valence electrons. The summed E-state index contributed by atoms with van der Waals surface area (Å²) in [6, 6.07) is 104. The van der Waals surface area contributed by atoms with E-state index in [1.165, 1.54) is 49.9 Å². The predicted octanol–water partition coefficient (Wildman–Crippen LogP) is 19.8. The van der Waals surface area contributed by atoms with E-state index in [0.29, 0.717) is 5.56 Å². The number of thiophene rings is 1. The van der Waals surface area contributed by atoms with E-state index in [1.54, 1.807) is 11.3 Å². The zero-order valence-electron chi connectivity index (χ0n) is 41.8. The van der Waals surface area contributed by atoms with Gasteiger partial charge in [0.25, 0.3) is 0 Å². The summed E-state index contributed by atoms with van der Waals surface area (Å²) in [5.41, 5.74) is 20.0. The molecule has 0 atom stereocenters. The van der Waals surface area contributed by atoms with Crippen LogP contribution in [0.15, 0.2) is 279 Å². The molecule has 0 bridgehead atoms. The first-order valence-corrected chi connectivity index (χ1v) is 27.0. The normalized spacial score (nSPS) is 12.5. The quantitative estimate of drug-likeness (QED) is 0.144. The van der Waals surface area contributed by atoms with Gasteiger partial charge in [-0.3, -0.25) is 0 Å². The van der Waals surface area contributed by atoms with E-state index in [2.05, 4.69) is 294 Å². The molecule has 0 saturated heterocycles. The Morgan fingerprint density at radius 2 is 0.805 bits per heavy atom. The maximum absolute atomic E-state index is 10.7. The third-order valence-corrected chi connectivity index (χ3v) is 17.0. The van der Waals surface area contributed by atoms with Crippen molar-refractivity contribution in [3.8, 4) is 28.3 Å². The fourth-order valence-corrected chi connectivity index (χ4v) is 13.9. The second-order valence-electron chi connectivity index (χ2n) is 19.9. The van der Waals surface area contributed by atoms with Crippen LogP contribution in [-0.2, 0) is 5.41 Å². The highest BCUT2D eigenvalue weighted by molar-refractivity contribution is 7.26. The first-order valence-electron chi connectivity index (χ1n) is 26.1. The Hall–Kier alpha value is -9.99. The van der Waals surface area contributed by atoms with Gasteiger partial charge in [0, 0.05) is 60.8 Å². The number of benzene rings is 12. The van der Waals surface area contributed by atoms with Gasteiger partial charge in [0.2, 0.25) is 0 Å². The van der Waals surface area contributed by atoms with Crippen LogP contribution in [0.25, 0.3) is 53.2 Å². The Bertz CT molecular complexity index is 4400. The average molecular weight is 999 g/mol. The van der Waals surface area contributed by atoms with Crippen molar-refractivity contribution >= 4 is 93.5 Å². The van der Waals surface area contributed by atoms with Gasteiger partial charge in [-0.2, -0.15) is 5.26 Å². The van der Waals surface area contributed by atoms with E-state index in [9.17, 15) is 5.26 Å². The lowest BCUT2D eigenvalue weighted by Crippen LogP contribution is -2.26. The van der Waals surface area contributed by atoms with Crippen molar-refractivity contribution in [2.75, 3.05) is 14.7 Å². The minimum atomic E-state index is -0.468. The summed E-state index contributed by atoms with van der Waals surface area (Å²) in [4.78, 5) is 7.11. The van der Waals surface area contributed by atoms with Crippen molar-refractivity contribution in [3.05, 3.63) is 307 Å². The summed E-state index contributed by atoms with van der Waals surface area (Å²) in [5.74, 6) is 0. The van der Waals surface area contributed by atoms with Crippen molar-refractivity contribution < 1.29 is 0 Å². The van der Waals surface area contributed by atoms with Gasteiger partial charge in [-0.1, -0.05) is 176 Å². The minimum absolute atomic E-state index is 0.468. The first kappa shape index (κ1) is 44.5. The molecular formula is C72H46N4S. The number of anilines is 9. The van der Waals surface area contributed by atoms with Crippen LogP contribution in [-0.4, -0.2) is 0 Å². The molecule has 1 aromatic heterocycles. The van der Waals surface area contributed by atoms with Crippen molar-refractivity contribution in [1.29, 1.82) is 5.26 Å². The highest BCUT2D eigenvalue weighted by Crippen LogP contribution is 2.65. The van der Waals surface area contributed by atoms with E-state index in [0.717, 1.165) is 76.7 Å². The maximum atomic E-state index is 10.7. The topological polar surface area (TPSA) is 33.5 Å². The summed E-state index contributed by atoms with van der Waals surface area (Å²) >= 11 is 1.68. The van der Waals surface area contributed by atoms with Gasteiger partial charge in [0.15, 0.2) is 0 Å². The molecule has 2 aliphatic carbocycles. The summed E-state index contributed by atoms with van der Waals surface area (Å²) in [5, 5.41) is 15.2. The van der Waals surface area contributed by atoms with E-state index < -0.39 is 5.41 Å².